The Morgan fingerprint density at radius 3 is 3.17 bits per heavy atom. The van der Waals surface area contributed by atoms with E-state index in [1.165, 1.54) is 0 Å². The predicted molar refractivity (Wildman–Crippen MR) is 47.2 cm³/mol. The van der Waals surface area contributed by atoms with Gasteiger partial charge in [0.25, 0.3) is 0 Å². The molecule has 0 aromatic carbocycles. The van der Waals surface area contributed by atoms with Crippen molar-refractivity contribution < 1.29 is 4.79 Å². The molecule has 1 aromatic heterocycles. The number of alkyl halides is 1. The van der Waals surface area contributed by atoms with Gasteiger partial charge in [-0.3, -0.25) is 9.78 Å². The lowest BCUT2D eigenvalue weighted by Crippen LogP contribution is -1.87. The molecule has 0 N–H and O–H groups in total. The number of hydrogen-bond acceptors (Lipinski definition) is 2. The molecule has 0 radical (unpaired) electrons. The lowest BCUT2D eigenvalue weighted by molar-refractivity contribution is 0.112. The average molecular weight is 180 g/mol. The van der Waals surface area contributed by atoms with E-state index in [0.717, 1.165) is 6.29 Å². The molecule has 3 heteroatoms. The van der Waals surface area contributed by atoms with Gasteiger partial charge in [-0.05, 0) is 6.07 Å². The first-order chi connectivity index (χ1) is 5.88. The van der Waals surface area contributed by atoms with Gasteiger partial charge in [-0.1, -0.05) is 11.8 Å². The lowest BCUT2D eigenvalue weighted by atomic mass is 10.2. The molecule has 0 aliphatic rings. The first kappa shape index (κ1) is 8.76. The number of carbonyl (C=O) groups excluding carboxylic acids is 1. The van der Waals surface area contributed by atoms with Gasteiger partial charge < -0.3 is 0 Å². The number of halogens is 1. The highest BCUT2D eigenvalue weighted by Gasteiger charge is 1.95. The van der Waals surface area contributed by atoms with Gasteiger partial charge in [0.1, 0.15) is 0 Å². The van der Waals surface area contributed by atoms with Crippen LogP contribution in [0.4, 0.5) is 0 Å². The molecule has 0 spiro atoms. The first-order valence-corrected chi connectivity index (χ1v) is 3.86. The summed E-state index contributed by atoms with van der Waals surface area (Å²) in [7, 11) is 0. The molecule has 0 amide bonds. The Morgan fingerprint density at radius 2 is 2.50 bits per heavy atom. The van der Waals surface area contributed by atoms with Gasteiger partial charge in [-0.2, -0.15) is 0 Å². The Balaban J connectivity index is 3.05. The third-order valence-corrected chi connectivity index (χ3v) is 1.41. The SMILES string of the molecule is O=Cc1ccncc1C#CCCl. The second-order valence-electron chi connectivity index (χ2n) is 2.02. The molecule has 12 heavy (non-hydrogen) atoms. The van der Waals surface area contributed by atoms with Crippen LogP contribution in [-0.4, -0.2) is 17.2 Å². The van der Waals surface area contributed by atoms with Crippen LogP contribution in [0.5, 0.6) is 0 Å². The zero-order chi connectivity index (χ0) is 8.81. The van der Waals surface area contributed by atoms with E-state index < -0.39 is 0 Å². The highest BCUT2D eigenvalue weighted by Crippen LogP contribution is 2.01. The van der Waals surface area contributed by atoms with Crippen molar-refractivity contribution in [1.29, 1.82) is 0 Å². The van der Waals surface area contributed by atoms with Crippen LogP contribution in [0, 0.1) is 11.8 Å². The Kier molecular flexibility index (Phi) is 3.31. The van der Waals surface area contributed by atoms with Crippen LogP contribution in [0.1, 0.15) is 15.9 Å². The summed E-state index contributed by atoms with van der Waals surface area (Å²) in [5.74, 6) is 5.65. The van der Waals surface area contributed by atoms with Gasteiger partial charge in [0.2, 0.25) is 0 Å². The van der Waals surface area contributed by atoms with Gasteiger partial charge in [-0.25, -0.2) is 0 Å². The van der Waals surface area contributed by atoms with E-state index in [-0.39, 0.29) is 5.88 Å². The van der Waals surface area contributed by atoms with Crippen LogP contribution >= 0.6 is 11.6 Å². The van der Waals surface area contributed by atoms with E-state index in [4.69, 9.17) is 11.6 Å². The summed E-state index contributed by atoms with van der Waals surface area (Å²) in [6.45, 7) is 0. The Labute approximate surface area is 75.6 Å². The largest absolute Gasteiger partial charge is 0.298 e. The van der Waals surface area contributed by atoms with E-state index in [2.05, 4.69) is 16.8 Å². The van der Waals surface area contributed by atoms with E-state index >= 15 is 0 Å². The molecule has 1 heterocycles. The molecule has 1 rings (SSSR count). The van der Waals surface area contributed by atoms with Crippen LogP contribution in [0.25, 0.3) is 0 Å². The summed E-state index contributed by atoms with van der Waals surface area (Å²) in [6, 6.07) is 1.62. The van der Waals surface area contributed by atoms with Crippen LogP contribution in [0.3, 0.4) is 0 Å². The highest BCUT2D eigenvalue weighted by molar-refractivity contribution is 6.19. The zero-order valence-corrected chi connectivity index (χ0v) is 7.01. The fraction of sp³-hybridized carbons (Fsp3) is 0.111. The number of rotatable bonds is 1. The van der Waals surface area contributed by atoms with Crippen LogP contribution in [0.15, 0.2) is 18.5 Å². The van der Waals surface area contributed by atoms with Gasteiger partial charge >= 0.3 is 0 Å². The van der Waals surface area contributed by atoms with E-state index in [0.29, 0.717) is 11.1 Å². The fourth-order valence-electron chi connectivity index (χ4n) is 0.741. The van der Waals surface area contributed by atoms with Gasteiger partial charge in [0.15, 0.2) is 6.29 Å². The van der Waals surface area contributed by atoms with Crippen molar-refractivity contribution in [3.63, 3.8) is 0 Å². The molecule has 2 nitrogen and oxygen atoms in total. The normalized spacial score (nSPS) is 8.42. The maximum Gasteiger partial charge on any atom is 0.151 e. The molecule has 0 atom stereocenters. The molecule has 0 fully saturated rings. The number of hydrogen-bond donors (Lipinski definition) is 0. The van der Waals surface area contributed by atoms with Crippen molar-refractivity contribution in [2.45, 2.75) is 0 Å². The van der Waals surface area contributed by atoms with Gasteiger partial charge in [0, 0.05) is 18.0 Å². The molecule has 1 aromatic rings. The van der Waals surface area contributed by atoms with Crippen LogP contribution in [0.2, 0.25) is 0 Å². The number of carbonyl (C=O) groups is 1. The summed E-state index contributed by atoms with van der Waals surface area (Å²) >= 11 is 5.36. The molecule has 60 valence electrons. The van der Waals surface area contributed by atoms with Crippen molar-refractivity contribution in [3.8, 4) is 11.8 Å². The Morgan fingerprint density at radius 1 is 1.67 bits per heavy atom. The number of aldehydes is 1. The maximum atomic E-state index is 10.5. The minimum atomic E-state index is 0.257. The highest BCUT2D eigenvalue weighted by atomic mass is 35.5. The zero-order valence-electron chi connectivity index (χ0n) is 6.25. The van der Waals surface area contributed by atoms with Crippen molar-refractivity contribution >= 4 is 17.9 Å². The number of pyridine rings is 1. The van der Waals surface area contributed by atoms with Gasteiger partial charge in [-0.15, -0.1) is 11.6 Å². The van der Waals surface area contributed by atoms with Crippen LogP contribution < -0.4 is 0 Å². The first-order valence-electron chi connectivity index (χ1n) is 3.32. The molecule has 0 unspecified atom stereocenters. The summed E-state index contributed by atoms with van der Waals surface area (Å²) in [5.41, 5.74) is 1.16. The van der Waals surface area contributed by atoms with Crippen molar-refractivity contribution in [2.24, 2.45) is 0 Å². The monoisotopic (exact) mass is 179 g/mol. The summed E-state index contributed by atoms with van der Waals surface area (Å²) in [5, 5.41) is 0. The minimum Gasteiger partial charge on any atom is -0.298 e. The third-order valence-electron chi connectivity index (χ3n) is 1.27. The fourth-order valence-corrected chi connectivity index (χ4v) is 0.808. The lowest BCUT2D eigenvalue weighted by Gasteiger charge is -1.92. The van der Waals surface area contributed by atoms with E-state index in [9.17, 15) is 4.79 Å². The second-order valence-corrected chi connectivity index (χ2v) is 2.28. The average Bonchev–Trinajstić information content (AvgIpc) is 2.15. The topological polar surface area (TPSA) is 30.0 Å². The summed E-state index contributed by atoms with van der Waals surface area (Å²) < 4.78 is 0. The second kappa shape index (κ2) is 4.53. The van der Waals surface area contributed by atoms with E-state index in [1.807, 2.05) is 0 Å². The molecule has 0 aliphatic heterocycles. The molecular weight excluding hydrogens is 174 g/mol. The van der Waals surface area contributed by atoms with E-state index in [1.54, 1.807) is 18.5 Å². The van der Waals surface area contributed by atoms with Crippen molar-refractivity contribution in [2.75, 3.05) is 5.88 Å². The molecule has 0 aliphatic carbocycles. The molecular formula is C9H6ClNO. The molecule has 0 saturated carbocycles. The molecule has 0 bridgehead atoms. The number of nitrogens with zero attached hydrogens (tertiary/aromatic N) is 1. The van der Waals surface area contributed by atoms with Crippen LogP contribution in [-0.2, 0) is 0 Å². The number of aromatic nitrogens is 1. The predicted octanol–water partition coefficient (Wildman–Crippen LogP) is 1.48. The standard InChI is InChI=1S/C9H6ClNO/c10-4-1-2-8-6-11-5-3-9(8)7-12/h3,5-7H,4H2. The summed E-state index contributed by atoms with van der Waals surface area (Å²) in [6.07, 6.45) is 3.85. The smallest absolute Gasteiger partial charge is 0.151 e. The van der Waals surface area contributed by atoms with Crippen molar-refractivity contribution in [3.05, 3.63) is 29.6 Å². The molecule has 0 saturated heterocycles. The maximum absolute atomic E-state index is 10.5. The minimum absolute atomic E-state index is 0.257. The van der Waals surface area contributed by atoms with Gasteiger partial charge in [0.05, 0.1) is 11.4 Å². The van der Waals surface area contributed by atoms with Crippen molar-refractivity contribution in [1.82, 2.24) is 4.98 Å². The third kappa shape index (κ3) is 2.08. The Hall–Kier alpha value is -1.33. The quantitative estimate of drug-likeness (QED) is 0.371. The summed E-state index contributed by atoms with van der Waals surface area (Å²) in [4.78, 5) is 14.3. The Bertz CT molecular complexity index is 338.